The van der Waals surface area contributed by atoms with Crippen molar-refractivity contribution in [2.45, 2.75) is 58.9 Å². The molecular formula is C45H58F3N11O4. The normalized spacial score (nSPS) is 17.3. The van der Waals surface area contributed by atoms with Gasteiger partial charge in [0.25, 0.3) is 0 Å². The molecule has 3 saturated heterocycles. The lowest BCUT2D eigenvalue weighted by Crippen LogP contribution is -2.49. The van der Waals surface area contributed by atoms with Gasteiger partial charge in [-0.05, 0) is 100 Å². The predicted molar refractivity (Wildman–Crippen MR) is 237 cm³/mol. The van der Waals surface area contributed by atoms with Gasteiger partial charge in [-0.3, -0.25) is 9.80 Å². The van der Waals surface area contributed by atoms with Crippen molar-refractivity contribution in [2.24, 2.45) is 5.92 Å². The van der Waals surface area contributed by atoms with Crippen LogP contribution in [0.15, 0.2) is 73.2 Å². The number of urea groups is 1. The van der Waals surface area contributed by atoms with Gasteiger partial charge < -0.3 is 40.1 Å². The van der Waals surface area contributed by atoms with Crippen molar-refractivity contribution in [3.63, 3.8) is 0 Å². The zero-order chi connectivity index (χ0) is 44.6. The molecule has 0 saturated carbocycles. The fraction of sp³-hybridized carbons (Fsp3) is 0.489. The van der Waals surface area contributed by atoms with Crippen LogP contribution in [0.3, 0.4) is 0 Å². The largest absolute Gasteiger partial charge is 0.444 e. The molecular weight excluding hydrogens is 816 g/mol. The zero-order valence-electron chi connectivity index (χ0n) is 36.5. The van der Waals surface area contributed by atoms with Crippen LogP contribution in [0.1, 0.15) is 51.7 Å². The number of amides is 3. The number of nitrogens with zero attached hydrogens (tertiary/aromatic N) is 8. The Kier molecular flexibility index (Phi) is 14.5. The molecule has 0 unspecified atom stereocenters. The quantitative estimate of drug-likeness (QED) is 0.127. The van der Waals surface area contributed by atoms with Crippen LogP contribution in [0, 0.1) is 5.92 Å². The van der Waals surface area contributed by atoms with Gasteiger partial charge in [0.05, 0.1) is 17.4 Å². The highest BCUT2D eigenvalue weighted by atomic mass is 19.4. The number of aromatic nitrogens is 3. The Morgan fingerprint density at radius 1 is 0.746 bits per heavy atom. The third-order valence-electron chi connectivity index (χ3n) is 11.5. The number of likely N-dealkylation sites (tertiary alicyclic amines) is 1. The van der Waals surface area contributed by atoms with Gasteiger partial charge in [0.1, 0.15) is 29.3 Å². The van der Waals surface area contributed by atoms with E-state index >= 15 is 0 Å². The van der Waals surface area contributed by atoms with Gasteiger partial charge in [0.15, 0.2) is 0 Å². The summed E-state index contributed by atoms with van der Waals surface area (Å²) in [6.45, 7) is 18.1. The Morgan fingerprint density at radius 3 is 2.05 bits per heavy atom. The first-order valence-corrected chi connectivity index (χ1v) is 21.7. The maximum absolute atomic E-state index is 14.1. The van der Waals surface area contributed by atoms with Gasteiger partial charge in [0.2, 0.25) is 5.88 Å². The third-order valence-corrected chi connectivity index (χ3v) is 11.5. The van der Waals surface area contributed by atoms with Crippen LogP contribution in [-0.2, 0) is 17.5 Å². The lowest BCUT2D eigenvalue weighted by molar-refractivity contribution is -0.138. The Morgan fingerprint density at radius 2 is 1.40 bits per heavy atom. The molecule has 0 aliphatic carbocycles. The number of nitrogens with one attached hydrogen (secondary N) is 3. The molecule has 18 heteroatoms. The highest BCUT2D eigenvalue weighted by Crippen LogP contribution is 2.35. The Labute approximate surface area is 366 Å². The Bertz CT molecular complexity index is 2130. The third kappa shape index (κ3) is 13.2. The van der Waals surface area contributed by atoms with Gasteiger partial charge in [-0.25, -0.2) is 24.5 Å². The van der Waals surface area contributed by atoms with E-state index in [0.29, 0.717) is 36.3 Å². The summed E-state index contributed by atoms with van der Waals surface area (Å²) in [5, 5.41) is 8.43. The van der Waals surface area contributed by atoms with Crippen LogP contribution in [0.4, 0.5) is 51.5 Å². The smallest absolute Gasteiger partial charge is 0.416 e. The van der Waals surface area contributed by atoms with Crippen LogP contribution < -0.4 is 25.6 Å². The number of carbonyl (C=O) groups is 2. The summed E-state index contributed by atoms with van der Waals surface area (Å²) in [5.74, 6) is 2.71. The van der Waals surface area contributed by atoms with Crippen LogP contribution in [0.5, 0.6) is 11.6 Å². The average molecular weight is 874 g/mol. The number of piperazine rings is 2. The number of likely N-dealkylation sites (N-methyl/N-ethyl adjacent to an activating group) is 1. The maximum atomic E-state index is 14.1. The molecule has 7 rings (SSSR count). The van der Waals surface area contributed by atoms with Gasteiger partial charge in [-0.2, -0.15) is 13.2 Å². The maximum Gasteiger partial charge on any atom is 0.416 e. The van der Waals surface area contributed by atoms with Gasteiger partial charge in [-0.15, -0.1) is 0 Å². The molecule has 2 aromatic carbocycles. The van der Waals surface area contributed by atoms with E-state index in [2.05, 4.69) is 47.5 Å². The molecule has 0 atom stereocenters. The Hall–Kier alpha value is -5.72. The summed E-state index contributed by atoms with van der Waals surface area (Å²) in [4.78, 5) is 49.4. The first kappa shape index (κ1) is 45.3. The number of benzene rings is 2. The van der Waals surface area contributed by atoms with Crippen molar-refractivity contribution in [3.05, 3.63) is 84.3 Å². The lowest BCUT2D eigenvalue weighted by atomic mass is 9.96. The molecule has 3 N–H and O–H groups in total. The van der Waals surface area contributed by atoms with Crippen molar-refractivity contribution in [2.75, 3.05) is 99.4 Å². The number of ether oxygens (including phenoxy) is 2. The average Bonchev–Trinajstić information content (AvgIpc) is 3.25. The fourth-order valence-electron chi connectivity index (χ4n) is 7.99. The topological polar surface area (TPSA) is 144 Å². The van der Waals surface area contributed by atoms with E-state index in [1.807, 2.05) is 42.7 Å². The molecule has 0 radical (unpaired) electrons. The van der Waals surface area contributed by atoms with Crippen molar-refractivity contribution < 1.29 is 32.2 Å². The number of hydrogen-bond donors (Lipinski definition) is 3. The van der Waals surface area contributed by atoms with Gasteiger partial charge >= 0.3 is 18.3 Å². The van der Waals surface area contributed by atoms with Crippen molar-refractivity contribution in [3.8, 4) is 11.6 Å². The monoisotopic (exact) mass is 873 g/mol. The van der Waals surface area contributed by atoms with E-state index in [1.54, 1.807) is 36.5 Å². The zero-order valence-corrected chi connectivity index (χ0v) is 36.5. The second-order valence-electron chi connectivity index (χ2n) is 17.3. The molecule has 2 aromatic heterocycles. The summed E-state index contributed by atoms with van der Waals surface area (Å²) in [7, 11) is 0. The molecule has 15 nitrogen and oxygen atoms in total. The first-order chi connectivity index (χ1) is 30.2. The number of carbonyl (C=O) groups excluding carboxylic acids is 2. The first-order valence-electron chi connectivity index (χ1n) is 21.7. The predicted octanol–water partition coefficient (Wildman–Crippen LogP) is 7.98. The SMILES string of the molecule is CCN1CCN(Cc2ccc(NC(=O)Nc3ccc(Oc4cc(Nc5ccc(N6CCN(CC7CCN(C(=O)OC(C)(C)C)CC7)CC6)nc5)ncn4)cc3)cc2C(F)(F)F)CC1. The standard InChI is InChI=1S/C45H58F3N11O4/c1-5-55-18-20-57(21-19-55)30-33-6-7-35(26-38(33)45(46,47)48)54-42(60)53-34-8-11-37(12-9-34)62-41-27-39(50-31-51-41)52-36-10-13-40(49-28-36)58-24-22-56(23-25-58)29-32-14-16-59(17-15-32)43(61)63-44(2,3)4/h6-13,26-28,31-32H,5,14-25,29-30H2,1-4H3,(H,50,51,52)(H2,53,54,60). The van der Waals surface area contributed by atoms with Gasteiger partial charge in [0, 0.05) is 96.0 Å². The molecule has 3 amide bonds. The van der Waals surface area contributed by atoms with E-state index in [4.69, 9.17) is 14.5 Å². The van der Waals surface area contributed by atoms with Gasteiger partial charge in [-0.1, -0.05) is 13.0 Å². The molecule has 5 heterocycles. The molecule has 63 heavy (non-hydrogen) atoms. The van der Waals surface area contributed by atoms with Crippen LogP contribution >= 0.6 is 0 Å². The van der Waals surface area contributed by atoms with Crippen molar-refractivity contribution in [1.29, 1.82) is 0 Å². The minimum absolute atomic E-state index is 0.0381. The Balaban J connectivity index is 0.842. The second kappa shape index (κ2) is 20.2. The molecule has 3 fully saturated rings. The minimum atomic E-state index is -4.57. The number of halogens is 3. The van der Waals surface area contributed by atoms with E-state index in [1.165, 1.54) is 18.5 Å². The van der Waals surface area contributed by atoms with Crippen molar-refractivity contribution >= 4 is 40.8 Å². The van der Waals surface area contributed by atoms with E-state index in [9.17, 15) is 22.8 Å². The number of piperidine rings is 1. The molecule has 3 aliphatic rings. The number of anilines is 5. The molecule has 4 aromatic rings. The molecule has 0 spiro atoms. The van der Waals surface area contributed by atoms with E-state index in [-0.39, 0.29) is 29.8 Å². The van der Waals surface area contributed by atoms with Crippen LogP contribution in [0.2, 0.25) is 0 Å². The van der Waals surface area contributed by atoms with E-state index in [0.717, 1.165) is 95.9 Å². The highest BCUT2D eigenvalue weighted by molar-refractivity contribution is 5.99. The lowest BCUT2D eigenvalue weighted by Gasteiger charge is -2.39. The number of alkyl halides is 3. The molecule has 0 bridgehead atoms. The summed E-state index contributed by atoms with van der Waals surface area (Å²) < 4.78 is 53.7. The van der Waals surface area contributed by atoms with Crippen molar-refractivity contribution in [1.82, 2.24) is 34.6 Å². The summed E-state index contributed by atoms with van der Waals surface area (Å²) >= 11 is 0. The number of hydrogen-bond acceptors (Lipinski definition) is 12. The second-order valence-corrected chi connectivity index (χ2v) is 17.3. The van der Waals surface area contributed by atoms with Crippen LogP contribution in [0.25, 0.3) is 0 Å². The molecule has 338 valence electrons. The summed E-state index contributed by atoms with van der Waals surface area (Å²) in [5.41, 5.74) is 0.133. The minimum Gasteiger partial charge on any atom is -0.444 e. The van der Waals surface area contributed by atoms with E-state index < -0.39 is 23.4 Å². The fourth-order valence-corrected chi connectivity index (χ4v) is 7.99. The highest BCUT2D eigenvalue weighted by Gasteiger charge is 2.35. The number of pyridine rings is 1. The number of rotatable bonds is 12. The van der Waals surface area contributed by atoms with Crippen LogP contribution in [-0.4, -0.2) is 131 Å². The summed E-state index contributed by atoms with van der Waals surface area (Å²) in [6, 6.07) is 15.3. The summed E-state index contributed by atoms with van der Waals surface area (Å²) in [6.07, 6.45) is 0.337. The molecule has 3 aliphatic heterocycles.